The summed E-state index contributed by atoms with van der Waals surface area (Å²) in [5.74, 6) is 0. The Balaban J connectivity index is 2.13. The van der Waals surface area contributed by atoms with Gasteiger partial charge in [0.05, 0.1) is 6.61 Å². The van der Waals surface area contributed by atoms with E-state index in [1.807, 2.05) is 19.2 Å². The number of morpholine rings is 1. The van der Waals surface area contributed by atoms with Crippen LogP contribution in [0.15, 0.2) is 12.3 Å². The molecule has 2 N–H and O–H groups in total. The van der Waals surface area contributed by atoms with Gasteiger partial charge in [-0.3, -0.25) is 0 Å². The lowest BCUT2D eigenvalue weighted by molar-refractivity contribution is 0.0157. The summed E-state index contributed by atoms with van der Waals surface area (Å²) < 4.78 is 5.36. The van der Waals surface area contributed by atoms with Crippen molar-refractivity contribution in [2.24, 2.45) is 0 Å². The molecule has 0 radical (unpaired) electrons. The quantitative estimate of drug-likeness (QED) is 0.572. The van der Waals surface area contributed by atoms with Crippen LogP contribution in [0.4, 0.5) is 0 Å². The summed E-state index contributed by atoms with van der Waals surface area (Å²) in [6.07, 6.45) is 4.01. The van der Waals surface area contributed by atoms with Crippen molar-refractivity contribution < 1.29 is 4.74 Å². The van der Waals surface area contributed by atoms with Crippen LogP contribution in [-0.4, -0.2) is 25.9 Å². The lowest BCUT2D eigenvalue weighted by atomic mass is 10.4. The monoisotopic (exact) mass is 142 g/mol. The summed E-state index contributed by atoms with van der Waals surface area (Å²) in [4.78, 5) is 0. The molecular weight excluding hydrogens is 128 g/mol. The second-order valence-electron chi connectivity index (χ2n) is 2.23. The molecule has 1 heterocycles. The van der Waals surface area contributed by atoms with Crippen molar-refractivity contribution in [3.05, 3.63) is 12.3 Å². The minimum atomic E-state index is 0.157. The van der Waals surface area contributed by atoms with Crippen molar-refractivity contribution in [1.29, 1.82) is 0 Å². The minimum absolute atomic E-state index is 0.157. The molecule has 0 spiro atoms. The zero-order valence-corrected chi connectivity index (χ0v) is 6.26. The first-order valence-corrected chi connectivity index (χ1v) is 3.63. The maximum atomic E-state index is 5.36. The first-order chi connectivity index (χ1) is 4.93. The molecule has 0 aromatic heterocycles. The molecular formula is C7H14N2O. The number of rotatable bonds is 2. The van der Waals surface area contributed by atoms with Gasteiger partial charge in [0, 0.05) is 13.1 Å². The molecule has 0 amide bonds. The van der Waals surface area contributed by atoms with Crippen LogP contribution in [-0.2, 0) is 4.74 Å². The first kappa shape index (κ1) is 7.57. The van der Waals surface area contributed by atoms with E-state index < -0.39 is 0 Å². The zero-order chi connectivity index (χ0) is 7.23. The molecule has 1 atom stereocenters. The van der Waals surface area contributed by atoms with E-state index in [9.17, 15) is 0 Å². The Bertz CT molecular complexity index is 108. The van der Waals surface area contributed by atoms with Crippen LogP contribution >= 0.6 is 0 Å². The van der Waals surface area contributed by atoms with Gasteiger partial charge in [0.2, 0.25) is 0 Å². The van der Waals surface area contributed by atoms with Crippen molar-refractivity contribution in [2.45, 2.75) is 13.2 Å². The largest absolute Gasteiger partial charge is 0.366 e. The van der Waals surface area contributed by atoms with Crippen LogP contribution in [0.25, 0.3) is 0 Å². The Hall–Kier alpha value is -0.540. The van der Waals surface area contributed by atoms with Gasteiger partial charge in [-0.25, -0.2) is 0 Å². The molecule has 0 aliphatic carbocycles. The fraction of sp³-hybridized carbons (Fsp3) is 0.714. The molecule has 1 saturated heterocycles. The molecule has 1 fully saturated rings. The molecule has 1 unspecified atom stereocenters. The van der Waals surface area contributed by atoms with Crippen LogP contribution in [0, 0.1) is 0 Å². The summed E-state index contributed by atoms with van der Waals surface area (Å²) in [7, 11) is 0. The van der Waals surface area contributed by atoms with Crippen LogP contribution in [0.5, 0.6) is 0 Å². The highest BCUT2D eigenvalue weighted by Gasteiger charge is 2.09. The Kier molecular flexibility index (Phi) is 3.26. The number of allylic oxidation sites excluding steroid dienone is 1. The predicted octanol–water partition coefficient (Wildman–Crippen LogP) is 0.0555. The second-order valence-corrected chi connectivity index (χ2v) is 2.23. The highest BCUT2D eigenvalue weighted by atomic mass is 16.5. The normalized spacial score (nSPS) is 27.1. The van der Waals surface area contributed by atoms with Crippen molar-refractivity contribution in [3.63, 3.8) is 0 Å². The molecule has 0 aromatic carbocycles. The van der Waals surface area contributed by atoms with E-state index in [4.69, 9.17) is 4.74 Å². The number of ether oxygens (including phenoxy) is 1. The summed E-state index contributed by atoms with van der Waals surface area (Å²) in [5.41, 5.74) is 0. The molecule has 1 rings (SSSR count). The van der Waals surface area contributed by atoms with Gasteiger partial charge >= 0.3 is 0 Å². The van der Waals surface area contributed by atoms with Crippen LogP contribution in [0.3, 0.4) is 0 Å². The summed E-state index contributed by atoms with van der Waals surface area (Å²) in [6.45, 7) is 4.64. The van der Waals surface area contributed by atoms with E-state index in [1.54, 1.807) is 0 Å². The third-order valence-corrected chi connectivity index (χ3v) is 1.38. The average molecular weight is 142 g/mol. The van der Waals surface area contributed by atoms with Gasteiger partial charge in [-0.1, -0.05) is 6.08 Å². The lowest BCUT2D eigenvalue weighted by Crippen LogP contribution is -2.44. The van der Waals surface area contributed by atoms with E-state index in [0.29, 0.717) is 0 Å². The van der Waals surface area contributed by atoms with Gasteiger partial charge in [0.25, 0.3) is 0 Å². The Labute approximate surface area is 61.4 Å². The molecule has 3 nitrogen and oxygen atoms in total. The second kappa shape index (κ2) is 4.30. The number of hydrogen-bond acceptors (Lipinski definition) is 3. The Morgan fingerprint density at radius 1 is 1.70 bits per heavy atom. The van der Waals surface area contributed by atoms with Crippen molar-refractivity contribution in [3.8, 4) is 0 Å². The van der Waals surface area contributed by atoms with Gasteiger partial charge in [0.1, 0.15) is 6.23 Å². The van der Waals surface area contributed by atoms with Gasteiger partial charge < -0.3 is 15.4 Å². The molecule has 0 bridgehead atoms. The fourth-order valence-corrected chi connectivity index (χ4v) is 0.876. The van der Waals surface area contributed by atoms with Crippen molar-refractivity contribution in [2.75, 3.05) is 19.7 Å². The molecule has 10 heavy (non-hydrogen) atoms. The van der Waals surface area contributed by atoms with Crippen LogP contribution < -0.4 is 10.6 Å². The minimum Gasteiger partial charge on any atom is -0.366 e. The number of hydrogen-bond donors (Lipinski definition) is 2. The fourth-order valence-electron chi connectivity index (χ4n) is 0.876. The van der Waals surface area contributed by atoms with E-state index >= 15 is 0 Å². The highest BCUT2D eigenvalue weighted by Crippen LogP contribution is 1.90. The number of nitrogens with one attached hydrogen (secondary N) is 2. The third kappa shape index (κ3) is 2.37. The van der Waals surface area contributed by atoms with Gasteiger partial charge in [-0.15, -0.1) is 0 Å². The molecule has 58 valence electrons. The lowest BCUT2D eigenvalue weighted by Gasteiger charge is -2.23. The van der Waals surface area contributed by atoms with E-state index in [2.05, 4.69) is 10.6 Å². The maximum absolute atomic E-state index is 5.36. The summed E-state index contributed by atoms with van der Waals surface area (Å²) >= 11 is 0. The standard InChI is InChI=1S/C7H14N2O/c1-2-3-9-7-6-8-4-5-10-7/h2-3,7-9H,4-6H2,1H3/b3-2+. The third-order valence-electron chi connectivity index (χ3n) is 1.38. The van der Waals surface area contributed by atoms with Crippen molar-refractivity contribution >= 4 is 0 Å². The van der Waals surface area contributed by atoms with E-state index in [0.717, 1.165) is 19.7 Å². The van der Waals surface area contributed by atoms with Crippen molar-refractivity contribution in [1.82, 2.24) is 10.6 Å². The van der Waals surface area contributed by atoms with E-state index in [-0.39, 0.29) is 6.23 Å². The first-order valence-electron chi connectivity index (χ1n) is 3.63. The molecule has 0 aromatic rings. The topological polar surface area (TPSA) is 33.3 Å². The molecule has 1 aliphatic heterocycles. The van der Waals surface area contributed by atoms with Crippen LogP contribution in [0.2, 0.25) is 0 Å². The van der Waals surface area contributed by atoms with Gasteiger partial charge in [-0.05, 0) is 13.1 Å². The van der Waals surface area contributed by atoms with Gasteiger partial charge in [-0.2, -0.15) is 0 Å². The van der Waals surface area contributed by atoms with E-state index in [1.165, 1.54) is 0 Å². The summed E-state index contributed by atoms with van der Waals surface area (Å²) in [5, 5.41) is 6.33. The SMILES string of the molecule is C/C=C/NC1CNCCO1. The average Bonchev–Trinajstić information content (AvgIpc) is 2.03. The highest BCUT2D eigenvalue weighted by molar-refractivity contribution is 4.78. The molecule has 1 aliphatic rings. The Morgan fingerprint density at radius 3 is 3.20 bits per heavy atom. The zero-order valence-electron chi connectivity index (χ0n) is 6.26. The van der Waals surface area contributed by atoms with Crippen LogP contribution in [0.1, 0.15) is 6.92 Å². The maximum Gasteiger partial charge on any atom is 0.139 e. The predicted molar refractivity (Wildman–Crippen MR) is 40.6 cm³/mol. The Morgan fingerprint density at radius 2 is 2.60 bits per heavy atom. The summed E-state index contributed by atoms with van der Waals surface area (Å²) in [6, 6.07) is 0. The smallest absolute Gasteiger partial charge is 0.139 e. The van der Waals surface area contributed by atoms with Gasteiger partial charge in [0.15, 0.2) is 0 Å². The molecule has 3 heteroatoms. The molecule has 0 saturated carbocycles.